The number of rotatable bonds is 15. The maximum absolute atomic E-state index is 12.3. The molecule has 1 rings (SSSR count). The van der Waals surface area contributed by atoms with Gasteiger partial charge in [-0.1, -0.05) is 22.0 Å². The zero-order chi connectivity index (χ0) is 27.3. The fraction of sp³-hybridized carbons (Fsp3) is 0.429. The Hall–Kier alpha value is -3.88. The summed E-state index contributed by atoms with van der Waals surface area (Å²) in [6.07, 6.45) is -3.19. The van der Waals surface area contributed by atoms with Crippen LogP contribution in [-0.4, -0.2) is 69.9 Å². The number of nitrogens with zero attached hydrogens (tertiary/aromatic N) is 1. The van der Waals surface area contributed by atoms with Gasteiger partial charge in [-0.05, 0) is 43.4 Å². The summed E-state index contributed by atoms with van der Waals surface area (Å²) in [5.41, 5.74) is 11.8. The summed E-state index contributed by atoms with van der Waals surface area (Å²) in [6.45, 7) is 0.468. The van der Waals surface area contributed by atoms with Gasteiger partial charge in [-0.3, -0.25) is 9.59 Å². The average Bonchev–Trinajstić information content (AvgIpc) is 2.79. The lowest BCUT2D eigenvalue weighted by molar-refractivity contribution is -0.147. The molecule has 0 fully saturated rings. The van der Waals surface area contributed by atoms with Crippen LogP contribution in [-0.2, 0) is 25.7 Å². The number of benzene rings is 1. The second-order valence-corrected chi connectivity index (χ2v) is 8.35. The lowest BCUT2D eigenvalue weighted by Crippen LogP contribution is -2.43. The number of halogens is 1. The molecule has 0 unspecified atom stereocenters. The number of carbonyl (C=O) groups is 5. The number of unbranched alkanes of at least 4 members (excludes halogenated alkanes) is 1. The number of ether oxygens (including phenoxy) is 1. The van der Waals surface area contributed by atoms with Gasteiger partial charge in [0.05, 0.1) is 6.54 Å². The number of guanidine groups is 1. The molecule has 0 bridgehead atoms. The van der Waals surface area contributed by atoms with Crippen LogP contribution in [0.5, 0.6) is 0 Å². The van der Waals surface area contributed by atoms with Crippen molar-refractivity contribution >= 4 is 51.8 Å². The third-order valence-electron chi connectivity index (χ3n) is 4.69. The Balaban J connectivity index is 2.48. The van der Waals surface area contributed by atoms with Crippen molar-refractivity contribution in [2.45, 2.75) is 50.8 Å². The van der Waals surface area contributed by atoms with E-state index in [9.17, 15) is 29.1 Å². The molecule has 1 aromatic carbocycles. The number of carboxylic acids is 3. The van der Waals surface area contributed by atoms with Crippen LogP contribution in [0.25, 0.3) is 0 Å². The van der Waals surface area contributed by atoms with Gasteiger partial charge in [-0.2, -0.15) is 0 Å². The largest absolute Gasteiger partial charge is 0.481 e. The Kier molecular flexibility index (Phi) is 12.7. The second-order valence-electron chi connectivity index (χ2n) is 7.50. The summed E-state index contributed by atoms with van der Waals surface area (Å²) in [4.78, 5) is 61.2. The summed E-state index contributed by atoms with van der Waals surface area (Å²) >= 11 is 3.35. The maximum Gasteiger partial charge on any atom is 0.408 e. The molecule has 36 heavy (non-hydrogen) atoms. The minimum absolute atomic E-state index is 0.0555. The number of carbonyl (C=O) groups excluding carboxylic acids is 2. The number of carboxylic acid groups (broad SMARTS) is 3. The van der Waals surface area contributed by atoms with Gasteiger partial charge in [0.25, 0.3) is 5.91 Å². The van der Waals surface area contributed by atoms with E-state index in [-0.39, 0.29) is 37.8 Å². The third-order valence-corrected chi connectivity index (χ3v) is 5.43. The Morgan fingerprint density at radius 2 is 1.72 bits per heavy atom. The van der Waals surface area contributed by atoms with E-state index in [1.165, 1.54) is 0 Å². The first-order valence-corrected chi connectivity index (χ1v) is 11.5. The topological polar surface area (TPSA) is 244 Å². The van der Waals surface area contributed by atoms with Gasteiger partial charge < -0.3 is 42.2 Å². The first kappa shape index (κ1) is 30.2. The second kappa shape index (κ2) is 15.2. The highest BCUT2D eigenvalue weighted by molar-refractivity contribution is 9.10. The lowest BCUT2D eigenvalue weighted by Gasteiger charge is -2.17. The van der Waals surface area contributed by atoms with Gasteiger partial charge in [-0.25, -0.2) is 19.4 Å². The minimum atomic E-state index is -1.55. The summed E-state index contributed by atoms with van der Waals surface area (Å²) in [5, 5.41) is 31.6. The van der Waals surface area contributed by atoms with E-state index in [4.69, 9.17) is 26.4 Å². The first-order chi connectivity index (χ1) is 16.9. The molecule has 9 N–H and O–H groups in total. The highest BCUT2D eigenvalue weighted by Crippen LogP contribution is 2.19. The smallest absolute Gasteiger partial charge is 0.408 e. The quantitative estimate of drug-likeness (QED) is 0.0869. The first-order valence-electron chi connectivity index (χ1n) is 10.7. The normalized spacial score (nSPS) is 12.0. The molecule has 0 spiro atoms. The highest BCUT2D eigenvalue weighted by atomic mass is 79.9. The maximum atomic E-state index is 12.3. The van der Waals surface area contributed by atoms with E-state index in [1.54, 1.807) is 18.2 Å². The van der Waals surface area contributed by atoms with Crippen LogP contribution in [0.4, 0.5) is 4.79 Å². The van der Waals surface area contributed by atoms with Crippen molar-refractivity contribution in [3.8, 4) is 0 Å². The number of nitrogens with two attached hydrogens (primary N) is 2. The molecule has 0 radical (unpaired) electrons. The number of alkyl carbamates (subject to hydrolysis) is 1. The standard InChI is InChI=1S/C21H28BrN5O9/c22-13-9-11(4-5-12(13)10-26-20(23)24)17(30)25-8-2-1-3-15(19(33)34)36-21(35)27-14(18(31)32)6-7-16(28)29/h4-5,9,14-15H,1-3,6-8,10H2,(H,25,30)(H,27,35)(H,28,29)(H,31,32)(H,33,34)(H4,23,24,26)/t14-,15-/m0/s1. The SMILES string of the molecule is NC(N)=NCc1ccc(C(=O)NCCCC[C@H](OC(=O)N[C@@H](CCC(=O)O)C(=O)O)C(=O)O)cc1Br. The van der Waals surface area contributed by atoms with Crippen molar-refractivity contribution in [1.82, 2.24) is 10.6 Å². The molecule has 198 valence electrons. The molecule has 2 atom stereocenters. The van der Waals surface area contributed by atoms with Gasteiger partial charge in [0, 0.05) is 23.0 Å². The molecule has 0 aliphatic heterocycles. The minimum Gasteiger partial charge on any atom is -0.481 e. The lowest BCUT2D eigenvalue weighted by atomic mass is 10.1. The molecule has 0 aliphatic carbocycles. The molecular formula is C21H28BrN5O9. The Morgan fingerprint density at radius 3 is 2.28 bits per heavy atom. The fourth-order valence-corrected chi connectivity index (χ4v) is 3.32. The average molecular weight is 574 g/mol. The van der Waals surface area contributed by atoms with Crippen LogP contribution >= 0.6 is 15.9 Å². The van der Waals surface area contributed by atoms with Crippen molar-refractivity contribution in [3.63, 3.8) is 0 Å². The molecule has 1 aromatic rings. The summed E-state index contributed by atoms with van der Waals surface area (Å²) in [6, 6.07) is 3.37. The van der Waals surface area contributed by atoms with Crippen LogP contribution in [0, 0.1) is 0 Å². The summed E-state index contributed by atoms with van der Waals surface area (Å²) in [7, 11) is 0. The molecule has 0 heterocycles. The molecule has 2 amide bonds. The number of hydrogen-bond acceptors (Lipinski definition) is 7. The van der Waals surface area contributed by atoms with Crippen LogP contribution in [0.15, 0.2) is 27.7 Å². The van der Waals surface area contributed by atoms with Crippen molar-refractivity contribution in [1.29, 1.82) is 0 Å². The van der Waals surface area contributed by atoms with Crippen molar-refractivity contribution in [2.24, 2.45) is 16.5 Å². The van der Waals surface area contributed by atoms with E-state index < -0.39 is 49.0 Å². The predicted molar refractivity (Wildman–Crippen MR) is 129 cm³/mol. The number of aliphatic carboxylic acids is 3. The Bertz CT molecular complexity index is 998. The fourth-order valence-electron chi connectivity index (χ4n) is 2.82. The molecular weight excluding hydrogens is 546 g/mol. The molecule has 14 nitrogen and oxygen atoms in total. The van der Waals surface area contributed by atoms with E-state index in [2.05, 4.69) is 26.2 Å². The number of aliphatic imine (C=N–C) groups is 1. The van der Waals surface area contributed by atoms with Gasteiger partial charge in [-0.15, -0.1) is 0 Å². The van der Waals surface area contributed by atoms with E-state index >= 15 is 0 Å². The highest BCUT2D eigenvalue weighted by Gasteiger charge is 2.26. The van der Waals surface area contributed by atoms with Crippen molar-refractivity contribution in [3.05, 3.63) is 33.8 Å². The van der Waals surface area contributed by atoms with Crippen LogP contribution in [0.2, 0.25) is 0 Å². The number of amides is 2. The summed E-state index contributed by atoms with van der Waals surface area (Å²) < 4.78 is 5.42. The number of hydrogen-bond donors (Lipinski definition) is 7. The van der Waals surface area contributed by atoms with Crippen LogP contribution < -0.4 is 22.1 Å². The van der Waals surface area contributed by atoms with Gasteiger partial charge in [0.15, 0.2) is 5.96 Å². The Morgan fingerprint density at radius 1 is 1.03 bits per heavy atom. The van der Waals surface area contributed by atoms with Gasteiger partial charge in [0.1, 0.15) is 6.04 Å². The molecule has 0 aliphatic rings. The molecule has 0 saturated carbocycles. The zero-order valence-electron chi connectivity index (χ0n) is 19.1. The van der Waals surface area contributed by atoms with Crippen LogP contribution in [0.1, 0.15) is 48.0 Å². The zero-order valence-corrected chi connectivity index (χ0v) is 20.7. The van der Waals surface area contributed by atoms with Crippen molar-refractivity contribution < 1.29 is 44.0 Å². The molecule has 15 heteroatoms. The van der Waals surface area contributed by atoms with Gasteiger partial charge in [0.2, 0.25) is 6.10 Å². The number of nitrogens with one attached hydrogen (secondary N) is 2. The molecule has 0 aromatic heterocycles. The van der Waals surface area contributed by atoms with Crippen molar-refractivity contribution in [2.75, 3.05) is 6.54 Å². The third kappa shape index (κ3) is 11.5. The van der Waals surface area contributed by atoms with E-state index in [0.717, 1.165) is 5.56 Å². The predicted octanol–water partition coefficient (Wildman–Crippen LogP) is 0.620. The molecule has 0 saturated heterocycles. The van der Waals surface area contributed by atoms with Gasteiger partial charge >= 0.3 is 24.0 Å². The summed E-state index contributed by atoms with van der Waals surface area (Å²) in [5.74, 6) is -4.57. The van der Waals surface area contributed by atoms with E-state index in [0.29, 0.717) is 16.5 Å². The monoisotopic (exact) mass is 573 g/mol. The Labute approximate surface area is 214 Å². The van der Waals surface area contributed by atoms with Crippen LogP contribution in [0.3, 0.4) is 0 Å². The van der Waals surface area contributed by atoms with E-state index in [1.807, 2.05) is 5.32 Å².